The van der Waals surface area contributed by atoms with Gasteiger partial charge in [-0.2, -0.15) is 0 Å². The number of hydrogen-bond donors (Lipinski definition) is 1. The fourth-order valence-electron chi connectivity index (χ4n) is 2.32. The van der Waals surface area contributed by atoms with Crippen molar-refractivity contribution in [2.24, 2.45) is 5.92 Å². The second kappa shape index (κ2) is 4.85. The number of aromatic nitrogens is 2. The van der Waals surface area contributed by atoms with Crippen LogP contribution in [-0.2, 0) is 4.79 Å². The Morgan fingerprint density at radius 1 is 1.58 bits per heavy atom. The van der Waals surface area contributed by atoms with E-state index in [1.807, 2.05) is 18.2 Å². The lowest BCUT2D eigenvalue weighted by atomic mass is 10.2. The van der Waals surface area contributed by atoms with Crippen molar-refractivity contribution in [1.82, 2.24) is 9.97 Å². The summed E-state index contributed by atoms with van der Waals surface area (Å²) in [5.41, 5.74) is 1.72. The average molecular weight is 324 g/mol. The highest BCUT2D eigenvalue weighted by Gasteiger charge is 2.31. The van der Waals surface area contributed by atoms with Gasteiger partial charge in [0.15, 0.2) is 0 Å². The first-order valence-electron chi connectivity index (χ1n) is 6.11. The molecule has 1 aromatic heterocycles. The summed E-state index contributed by atoms with van der Waals surface area (Å²) in [6.45, 7) is 0.709. The van der Waals surface area contributed by atoms with E-state index in [9.17, 15) is 4.79 Å². The summed E-state index contributed by atoms with van der Waals surface area (Å²) in [7, 11) is 1.63. The van der Waals surface area contributed by atoms with Gasteiger partial charge in [-0.3, -0.25) is 9.69 Å². The Bertz CT molecular complexity index is 625. The maximum atomic E-state index is 12.0. The summed E-state index contributed by atoms with van der Waals surface area (Å²) in [6.07, 6.45) is 0.575. The van der Waals surface area contributed by atoms with Crippen LogP contribution in [0.1, 0.15) is 6.42 Å². The molecule has 1 N–H and O–H groups in total. The number of carbonyl (C=O) groups excluding carboxylic acids is 1. The van der Waals surface area contributed by atoms with E-state index in [0.717, 1.165) is 22.1 Å². The Morgan fingerprint density at radius 2 is 2.42 bits per heavy atom. The van der Waals surface area contributed by atoms with Gasteiger partial charge in [0.25, 0.3) is 0 Å². The fourth-order valence-corrected chi connectivity index (χ4v) is 2.75. The predicted molar refractivity (Wildman–Crippen MR) is 76.9 cm³/mol. The molecule has 1 amide bonds. The van der Waals surface area contributed by atoms with E-state index in [2.05, 4.69) is 25.9 Å². The molecule has 1 aliphatic rings. The number of fused-ring (bicyclic) bond motifs is 1. The monoisotopic (exact) mass is 323 g/mol. The third-order valence-electron chi connectivity index (χ3n) is 3.36. The van der Waals surface area contributed by atoms with E-state index in [1.54, 1.807) is 12.0 Å². The highest BCUT2D eigenvalue weighted by molar-refractivity contribution is 9.09. The van der Waals surface area contributed by atoms with Crippen molar-refractivity contribution in [2.75, 3.05) is 23.9 Å². The topological polar surface area (TPSA) is 58.2 Å². The van der Waals surface area contributed by atoms with Crippen molar-refractivity contribution >= 4 is 38.8 Å². The van der Waals surface area contributed by atoms with E-state index in [0.29, 0.717) is 24.8 Å². The zero-order valence-electron chi connectivity index (χ0n) is 10.5. The molecule has 0 spiro atoms. The smallest absolute Gasteiger partial charge is 0.229 e. The van der Waals surface area contributed by atoms with Crippen molar-refractivity contribution in [3.63, 3.8) is 0 Å². The molecule has 0 saturated carbocycles. The van der Waals surface area contributed by atoms with E-state index in [1.165, 1.54) is 0 Å². The summed E-state index contributed by atoms with van der Waals surface area (Å²) in [5.74, 6) is 1.87. The van der Waals surface area contributed by atoms with Crippen LogP contribution < -0.4 is 9.64 Å². The van der Waals surface area contributed by atoms with Crippen LogP contribution in [0.2, 0.25) is 0 Å². The number of hydrogen-bond acceptors (Lipinski definition) is 3. The van der Waals surface area contributed by atoms with Crippen molar-refractivity contribution in [1.29, 1.82) is 0 Å². The molecule has 1 aromatic carbocycles. The second-order valence-corrected chi connectivity index (χ2v) is 5.32. The number of anilines is 1. The standard InChI is InChI=1S/C13H14BrN3O2/c1-19-9-2-3-10-11(5-9)16-13(15-10)17-7-8(6-14)4-12(17)18/h2-3,5,8H,4,6-7H2,1H3,(H,15,16). The summed E-state index contributed by atoms with van der Waals surface area (Å²) < 4.78 is 5.18. The van der Waals surface area contributed by atoms with E-state index >= 15 is 0 Å². The molecular formula is C13H14BrN3O2. The Morgan fingerprint density at radius 3 is 3.11 bits per heavy atom. The van der Waals surface area contributed by atoms with Crippen molar-refractivity contribution in [3.8, 4) is 5.75 Å². The molecule has 1 unspecified atom stereocenters. The number of methoxy groups -OCH3 is 1. The zero-order chi connectivity index (χ0) is 13.4. The molecule has 6 heteroatoms. The number of ether oxygens (including phenoxy) is 1. The normalized spacial score (nSPS) is 19.4. The highest BCUT2D eigenvalue weighted by Crippen LogP contribution is 2.27. The van der Waals surface area contributed by atoms with Crippen LogP contribution in [-0.4, -0.2) is 34.9 Å². The molecule has 100 valence electrons. The SMILES string of the molecule is COc1ccc2nc(N3CC(CBr)CC3=O)[nH]c2c1. The molecule has 1 aliphatic heterocycles. The lowest BCUT2D eigenvalue weighted by Crippen LogP contribution is -2.25. The number of halogens is 1. The van der Waals surface area contributed by atoms with Gasteiger partial charge in [0.05, 0.1) is 18.1 Å². The largest absolute Gasteiger partial charge is 0.497 e. The van der Waals surface area contributed by atoms with Crippen LogP contribution in [0.4, 0.5) is 5.95 Å². The van der Waals surface area contributed by atoms with Crippen LogP contribution in [0, 0.1) is 5.92 Å². The molecule has 5 nitrogen and oxygen atoms in total. The number of amides is 1. The van der Waals surface area contributed by atoms with Crippen LogP contribution in [0.25, 0.3) is 11.0 Å². The Kier molecular flexibility index (Phi) is 3.18. The number of rotatable bonds is 3. The minimum atomic E-state index is 0.121. The molecular weight excluding hydrogens is 310 g/mol. The number of nitrogens with one attached hydrogen (secondary N) is 1. The molecule has 19 heavy (non-hydrogen) atoms. The predicted octanol–water partition coefficient (Wildman–Crippen LogP) is 2.32. The molecule has 2 aromatic rings. The third-order valence-corrected chi connectivity index (χ3v) is 4.27. The fraction of sp³-hybridized carbons (Fsp3) is 0.385. The van der Waals surface area contributed by atoms with Crippen LogP contribution in [0.15, 0.2) is 18.2 Å². The van der Waals surface area contributed by atoms with Gasteiger partial charge >= 0.3 is 0 Å². The quantitative estimate of drug-likeness (QED) is 0.882. The van der Waals surface area contributed by atoms with Crippen molar-refractivity contribution < 1.29 is 9.53 Å². The number of carbonyl (C=O) groups is 1. The lowest BCUT2D eigenvalue weighted by Gasteiger charge is -2.11. The molecule has 0 bridgehead atoms. The minimum absolute atomic E-state index is 0.121. The average Bonchev–Trinajstić information content (AvgIpc) is 3.00. The summed E-state index contributed by atoms with van der Waals surface area (Å²) in [4.78, 5) is 21.3. The Balaban J connectivity index is 1.95. The van der Waals surface area contributed by atoms with E-state index in [-0.39, 0.29) is 5.91 Å². The Hall–Kier alpha value is -1.56. The number of H-pyrrole nitrogens is 1. The molecule has 0 aliphatic carbocycles. The maximum Gasteiger partial charge on any atom is 0.229 e. The summed E-state index contributed by atoms with van der Waals surface area (Å²) >= 11 is 3.43. The number of benzene rings is 1. The van der Waals surface area contributed by atoms with Gasteiger partial charge in [-0.1, -0.05) is 15.9 Å². The van der Waals surface area contributed by atoms with Gasteiger partial charge in [-0.25, -0.2) is 4.98 Å². The van der Waals surface area contributed by atoms with Gasteiger partial charge < -0.3 is 9.72 Å². The van der Waals surface area contributed by atoms with Gasteiger partial charge in [0, 0.05) is 24.4 Å². The molecule has 1 fully saturated rings. The number of imidazole rings is 1. The van der Waals surface area contributed by atoms with E-state index in [4.69, 9.17) is 4.74 Å². The molecule has 3 rings (SSSR count). The Labute approximate surface area is 119 Å². The molecule has 0 radical (unpaired) electrons. The van der Waals surface area contributed by atoms with Gasteiger partial charge in [-0.15, -0.1) is 0 Å². The first kappa shape index (κ1) is 12.5. The van der Waals surface area contributed by atoms with Crippen molar-refractivity contribution in [2.45, 2.75) is 6.42 Å². The second-order valence-electron chi connectivity index (χ2n) is 4.67. The first-order valence-corrected chi connectivity index (χ1v) is 7.23. The van der Waals surface area contributed by atoms with Crippen molar-refractivity contribution in [3.05, 3.63) is 18.2 Å². The van der Waals surface area contributed by atoms with Crippen LogP contribution in [0.5, 0.6) is 5.75 Å². The van der Waals surface area contributed by atoms with Crippen LogP contribution >= 0.6 is 15.9 Å². The third kappa shape index (κ3) is 2.20. The summed E-state index contributed by atoms with van der Waals surface area (Å²) in [5, 5.41) is 0.837. The first-order chi connectivity index (χ1) is 9.21. The van der Waals surface area contributed by atoms with Gasteiger partial charge in [0.1, 0.15) is 5.75 Å². The zero-order valence-corrected chi connectivity index (χ0v) is 12.1. The molecule has 2 heterocycles. The molecule has 1 atom stereocenters. The highest BCUT2D eigenvalue weighted by atomic mass is 79.9. The minimum Gasteiger partial charge on any atom is -0.497 e. The summed E-state index contributed by atoms with van der Waals surface area (Å²) in [6, 6.07) is 5.63. The van der Waals surface area contributed by atoms with Crippen LogP contribution in [0.3, 0.4) is 0 Å². The van der Waals surface area contributed by atoms with Gasteiger partial charge in [-0.05, 0) is 18.1 Å². The number of nitrogens with zero attached hydrogens (tertiary/aromatic N) is 2. The number of aromatic amines is 1. The molecule has 1 saturated heterocycles. The van der Waals surface area contributed by atoms with Gasteiger partial charge in [0.2, 0.25) is 11.9 Å². The number of alkyl halides is 1. The lowest BCUT2D eigenvalue weighted by molar-refractivity contribution is -0.117. The maximum absolute atomic E-state index is 12.0. The van der Waals surface area contributed by atoms with E-state index < -0.39 is 0 Å².